The maximum Gasteiger partial charge on any atom is 0.256 e. The highest BCUT2D eigenvalue weighted by atomic mass is 16.1. The van der Waals surface area contributed by atoms with Gasteiger partial charge in [-0.3, -0.25) is 9.78 Å². The number of hydrogen-bond donors (Lipinski definition) is 2. The Morgan fingerprint density at radius 2 is 2.47 bits per heavy atom. The van der Waals surface area contributed by atoms with E-state index in [9.17, 15) is 4.79 Å². The molecule has 2 aromatic rings. The highest BCUT2D eigenvalue weighted by Gasteiger charge is 2.07. The molecule has 0 spiro atoms. The topological polar surface area (TPSA) is 80.6 Å². The number of hydrogen-bond acceptors (Lipinski definition) is 3. The van der Waals surface area contributed by atoms with Crippen molar-refractivity contribution in [1.82, 2.24) is 14.5 Å². The third-order valence-electron chi connectivity index (χ3n) is 1.88. The smallest absolute Gasteiger partial charge is 0.256 e. The van der Waals surface area contributed by atoms with Crippen LogP contribution in [0.5, 0.6) is 0 Å². The highest BCUT2D eigenvalue weighted by Crippen LogP contribution is 1.99. The molecule has 2 aromatic heterocycles. The zero-order valence-electron chi connectivity index (χ0n) is 7.92. The van der Waals surface area contributed by atoms with Gasteiger partial charge >= 0.3 is 0 Å². The van der Waals surface area contributed by atoms with Crippen LogP contribution >= 0.6 is 0 Å². The molecular formula is C9H10N5O+. The standard InChI is InChI=1S/C9H9N5O/c1-2-13-3-4-14(6-13)7-5-8(15)12-9(10)11-7/h2-6H,1H2,(H2-,10,11,12,15)/p+1. The fourth-order valence-corrected chi connectivity index (χ4v) is 1.21. The molecule has 0 aliphatic rings. The number of aromatic nitrogens is 4. The van der Waals surface area contributed by atoms with E-state index in [0.717, 1.165) is 0 Å². The predicted molar refractivity (Wildman–Crippen MR) is 55.2 cm³/mol. The summed E-state index contributed by atoms with van der Waals surface area (Å²) in [6, 6.07) is 1.36. The van der Waals surface area contributed by atoms with Crippen LogP contribution in [0.25, 0.3) is 12.0 Å². The Kier molecular flexibility index (Phi) is 2.09. The van der Waals surface area contributed by atoms with Gasteiger partial charge in [-0.15, -0.1) is 0 Å². The van der Waals surface area contributed by atoms with E-state index >= 15 is 0 Å². The molecular weight excluding hydrogens is 194 g/mol. The zero-order valence-corrected chi connectivity index (χ0v) is 7.92. The fourth-order valence-electron chi connectivity index (χ4n) is 1.21. The van der Waals surface area contributed by atoms with Gasteiger partial charge in [-0.2, -0.15) is 9.55 Å². The number of nitrogens with two attached hydrogens (primary N) is 1. The van der Waals surface area contributed by atoms with E-state index < -0.39 is 0 Å². The number of nitrogens with one attached hydrogen (secondary N) is 1. The van der Waals surface area contributed by atoms with E-state index in [1.54, 1.807) is 34.1 Å². The Hall–Kier alpha value is -2.37. The molecule has 2 rings (SSSR count). The summed E-state index contributed by atoms with van der Waals surface area (Å²) in [6.07, 6.45) is 6.90. The maximum absolute atomic E-state index is 11.1. The van der Waals surface area contributed by atoms with Crippen LogP contribution in [-0.2, 0) is 0 Å². The molecule has 6 heteroatoms. The van der Waals surface area contributed by atoms with E-state index in [-0.39, 0.29) is 11.5 Å². The Morgan fingerprint density at radius 1 is 1.67 bits per heavy atom. The molecule has 0 unspecified atom stereocenters. The molecule has 0 atom stereocenters. The van der Waals surface area contributed by atoms with Crippen LogP contribution in [0, 0.1) is 0 Å². The van der Waals surface area contributed by atoms with Crippen molar-refractivity contribution in [3.05, 3.63) is 41.7 Å². The van der Waals surface area contributed by atoms with Gasteiger partial charge in [0.2, 0.25) is 11.8 Å². The number of nitrogen functional groups attached to an aromatic ring is 1. The predicted octanol–water partition coefficient (Wildman–Crippen LogP) is -0.469. The van der Waals surface area contributed by atoms with Gasteiger partial charge in [0.15, 0.2) is 0 Å². The van der Waals surface area contributed by atoms with E-state index in [2.05, 4.69) is 16.5 Å². The van der Waals surface area contributed by atoms with Crippen molar-refractivity contribution in [1.29, 1.82) is 0 Å². The molecule has 0 bridgehead atoms. The van der Waals surface area contributed by atoms with Crippen molar-refractivity contribution in [2.24, 2.45) is 0 Å². The number of anilines is 1. The summed E-state index contributed by atoms with van der Waals surface area (Å²) in [5, 5.41) is 0. The molecule has 0 saturated carbocycles. The second-order valence-electron chi connectivity index (χ2n) is 2.94. The molecule has 76 valence electrons. The van der Waals surface area contributed by atoms with Crippen LogP contribution in [0.3, 0.4) is 0 Å². The first-order valence-electron chi connectivity index (χ1n) is 4.27. The minimum Gasteiger partial charge on any atom is -0.369 e. The van der Waals surface area contributed by atoms with Gasteiger partial charge in [-0.1, -0.05) is 6.58 Å². The SMILES string of the molecule is C=C[n+]1ccn(-c2cc(=O)[nH]c(N)n2)c1. The van der Waals surface area contributed by atoms with Crippen molar-refractivity contribution >= 4 is 12.1 Å². The monoisotopic (exact) mass is 204 g/mol. The molecule has 6 nitrogen and oxygen atoms in total. The summed E-state index contributed by atoms with van der Waals surface area (Å²) in [7, 11) is 0. The summed E-state index contributed by atoms with van der Waals surface area (Å²) < 4.78 is 3.41. The molecule has 2 heterocycles. The lowest BCUT2D eigenvalue weighted by Crippen LogP contribution is -2.21. The lowest BCUT2D eigenvalue weighted by molar-refractivity contribution is -0.566. The second kappa shape index (κ2) is 3.41. The van der Waals surface area contributed by atoms with Crippen molar-refractivity contribution < 1.29 is 4.57 Å². The summed E-state index contributed by atoms with van der Waals surface area (Å²) in [5.74, 6) is 0.563. The fraction of sp³-hybridized carbons (Fsp3) is 0. The lowest BCUT2D eigenvalue weighted by atomic mass is 10.5. The molecule has 3 N–H and O–H groups in total. The normalized spacial score (nSPS) is 10.1. The van der Waals surface area contributed by atoms with Crippen LogP contribution in [0.15, 0.2) is 36.2 Å². The molecule has 0 aliphatic heterocycles. The molecule has 0 fully saturated rings. The minimum atomic E-state index is -0.281. The molecule has 0 radical (unpaired) electrons. The molecule has 0 aliphatic carbocycles. The van der Waals surface area contributed by atoms with Crippen molar-refractivity contribution in [2.75, 3.05) is 5.73 Å². The maximum atomic E-state index is 11.1. The van der Waals surface area contributed by atoms with Gasteiger partial charge in [0, 0.05) is 0 Å². The average molecular weight is 204 g/mol. The first-order chi connectivity index (χ1) is 7.19. The van der Waals surface area contributed by atoms with Crippen LogP contribution in [-0.4, -0.2) is 14.5 Å². The largest absolute Gasteiger partial charge is 0.369 e. The summed E-state index contributed by atoms with van der Waals surface area (Å²) in [6.45, 7) is 3.61. The van der Waals surface area contributed by atoms with E-state index in [1.165, 1.54) is 6.07 Å². The van der Waals surface area contributed by atoms with Crippen molar-refractivity contribution in [3.63, 3.8) is 0 Å². The number of rotatable bonds is 2. The quantitative estimate of drug-likeness (QED) is 0.649. The highest BCUT2D eigenvalue weighted by molar-refractivity contribution is 5.27. The molecule has 0 amide bonds. The lowest BCUT2D eigenvalue weighted by Gasteiger charge is -1.94. The van der Waals surface area contributed by atoms with E-state index in [1.807, 2.05) is 0 Å². The number of nitrogens with zero attached hydrogens (tertiary/aromatic N) is 3. The summed E-state index contributed by atoms with van der Waals surface area (Å²) in [4.78, 5) is 17.5. The van der Waals surface area contributed by atoms with Gasteiger partial charge in [0.25, 0.3) is 11.9 Å². The van der Waals surface area contributed by atoms with Crippen molar-refractivity contribution in [2.45, 2.75) is 0 Å². The van der Waals surface area contributed by atoms with Gasteiger partial charge in [-0.05, 0) is 0 Å². The van der Waals surface area contributed by atoms with Gasteiger partial charge < -0.3 is 5.73 Å². The number of imidazole rings is 1. The molecule has 0 aromatic carbocycles. The number of aromatic amines is 1. The third-order valence-corrected chi connectivity index (χ3v) is 1.88. The number of H-pyrrole nitrogens is 1. The van der Waals surface area contributed by atoms with Crippen LogP contribution in [0.2, 0.25) is 0 Å². The third kappa shape index (κ3) is 1.78. The zero-order chi connectivity index (χ0) is 10.8. The average Bonchev–Trinajstić information content (AvgIpc) is 2.64. The molecule has 15 heavy (non-hydrogen) atoms. The van der Waals surface area contributed by atoms with E-state index in [4.69, 9.17) is 5.73 Å². The summed E-state index contributed by atoms with van der Waals surface area (Å²) in [5.41, 5.74) is 5.15. The Morgan fingerprint density at radius 3 is 3.07 bits per heavy atom. The Bertz CT molecular complexity index is 554. The van der Waals surface area contributed by atoms with Crippen molar-refractivity contribution in [3.8, 4) is 5.82 Å². The van der Waals surface area contributed by atoms with Gasteiger partial charge in [0.05, 0.1) is 12.3 Å². The van der Waals surface area contributed by atoms with Crippen LogP contribution in [0.1, 0.15) is 0 Å². The second-order valence-corrected chi connectivity index (χ2v) is 2.94. The first-order valence-corrected chi connectivity index (χ1v) is 4.27. The van der Waals surface area contributed by atoms with Gasteiger partial charge in [0.1, 0.15) is 12.4 Å². The van der Waals surface area contributed by atoms with Crippen LogP contribution in [0.4, 0.5) is 5.95 Å². The first kappa shape index (κ1) is 9.20. The molecule has 0 saturated heterocycles. The minimum absolute atomic E-state index is 0.0938. The Labute approximate surface area is 85.3 Å². The van der Waals surface area contributed by atoms with Gasteiger partial charge in [-0.25, -0.2) is 4.57 Å². The Balaban J connectivity index is 2.53. The van der Waals surface area contributed by atoms with E-state index in [0.29, 0.717) is 5.82 Å². The van der Waals surface area contributed by atoms with Crippen LogP contribution < -0.4 is 15.9 Å². The summed E-state index contributed by atoms with van der Waals surface area (Å²) >= 11 is 0.